The lowest BCUT2D eigenvalue weighted by Crippen LogP contribution is -2.36. The number of rotatable bonds is 7. The number of ketones is 1. The molecule has 4 heteroatoms. The maximum absolute atomic E-state index is 12.7. The zero-order valence-corrected chi connectivity index (χ0v) is 21.6. The van der Waals surface area contributed by atoms with Gasteiger partial charge in [-0.15, -0.1) is 0 Å². The summed E-state index contributed by atoms with van der Waals surface area (Å²) in [7, 11) is 0. The van der Waals surface area contributed by atoms with E-state index in [2.05, 4.69) is 38.7 Å². The third-order valence-corrected chi connectivity index (χ3v) is 10.3. The fourth-order valence-corrected chi connectivity index (χ4v) is 7.78. The predicted molar refractivity (Wildman–Crippen MR) is 138 cm³/mol. The molecule has 0 aromatic heterocycles. The van der Waals surface area contributed by atoms with Crippen molar-refractivity contribution >= 4 is 5.78 Å². The molecule has 0 aromatic rings. The number of carbonyl (C=O) groups excluding carboxylic acids is 1. The van der Waals surface area contributed by atoms with E-state index in [1.807, 2.05) is 6.08 Å². The molecule has 0 heterocycles. The third kappa shape index (κ3) is 4.67. The molecule has 5 saturated carbocycles. The van der Waals surface area contributed by atoms with Crippen LogP contribution >= 0.6 is 0 Å². The highest BCUT2D eigenvalue weighted by Gasteiger charge is 2.57. The number of carbonyl (C=O) groups is 1. The number of Topliss-reactive ketones (excluding diaryl/α,β-unsaturated/α-hetero) is 1. The minimum atomic E-state index is -0.645. The van der Waals surface area contributed by atoms with Crippen molar-refractivity contribution in [3.8, 4) is 0 Å². The minimum Gasteiger partial charge on any atom is -0.393 e. The molecule has 5 aliphatic carbocycles. The van der Waals surface area contributed by atoms with Gasteiger partial charge in [0, 0.05) is 12.3 Å². The lowest BCUT2D eigenvalue weighted by atomic mass is 9.61. The van der Waals surface area contributed by atoms with Crippen LogP contribution in [0.25, 0.3) is 0 Å². The van der Waals surface area contributed by atoms with Crippen LogP contribution in [0.3, 0.4) is 0 Å². The SMILES string of the molecule is C=C1C(=CC=C2CCC[C@]3(C)[C@@H]([C@H](C)C=C[C@H](O)C4(C(=O)C5CC5)CC4)CC[C@@H]23)C[C@@H](O)C[C@@H]1O. The molecule has 5 rings (SSSR count). The number of fused-ring (bicyclic) bond motifs is 1. The van der Waals surface area contributed by atoms with Crippen molar-refractivity contribution in [1.29, 1.82) is 0 Å². The van der Waals surface area contributed by atoms with E-state index >= 15 is 0 Å². The van der Waals surface area contributed by atoms with Gasteiger partial charge in [0.15, 0.2) is 0 Å². The van der Waals surface area contributed by atoms with Gasteiger partial charge in [-0.2, -0.15) is 0 Å². The number of hydrogen-bond donors (Lipinski definition) is 3. The largest absolute Gasteiger partial charge is 0.393 e. The summed E-state index contributed by atoms with van der Waals surface area (Å²) in [4.78, 5) is 12.7. The van der Waals surface area contributed by atoms with Crippen LogP contribution < -0.4 is 0 Å². The Hall–Kier alpha value is -1.49. The standard InChI is InChI=1S/C31H44O4/c1-19(6-13-28(34)31(15-16-31)29(35)22-8-9-22)25-11-12-26-21(5-4-14-30(25,26)3)7-10-23-17-24(32)18-27(33)20(23)2/h6-7,10,13,19,22,24-28,32-34H,2,4-5,8-9,11-12,14-18H2,1,3H3/t19-,24-,25-,26+,27+,28+,30-/m1/s1. The fraction of sp³-hybridized carbons (Fsp3) is 0.710. The van der Waals surface area contributed by atoms with Gasteiger partial charge >= 0.3 is 0 Å². The third-order valence-electron chi connectivity index (χ3n) is 10.3. The highest BCUT2D eigenvalue weighted by atomic mass is 16.3. The number of aliphatic hydroxyl groups excluding tert-OH is 3. The molecule has 5 aliphatic rings. The summed E-state index contributed by atoms with van der Waals surface area (Å²) in [6.07, 6.45) is 17.3. The van der Waals surface area contributed by atoms with Gasteiger partial charge in [0.25, 0.3) is 0 Å². The molecule has 5 fully saturated rings. The van der Waals surface area contributed by atoms with Gasteiger partial charge in [0.05, 0.1) is 23.7 Å². The molecule has 4 nitrogen and oxygen atoms in total. The maximum atomic E-state index is 12.7. The van der Waals surface area contributed by atoms with Gasteiger partial charge < -0.3 is 15.3 Å². The van der Waals surface area contributed by atoms with E-state index in [1.54, 1.807) is 0 Å². The molecule has 192 valence electrons. The molecule has 0 bridgehead atoms. The van der Waals surface area contributed by atoms with Crippen LogP contribution in [0.1, 0.15) is 84.5 Å². The average Bonchev–Trinajstić information content (AvgIpc) is 3.74. The van der Waals surface area contributed by atoms with Gasteiger partial charge in [-0.1, -0.05) is 50.3 Å². The van der Waals surface area contributed by atoms with Crippen molar-refractivity contribution in [3.05, 3.63) is 47.6 Å². The monoisotopic (exact) mass is 480 g/mol. The first-order valence-electron chi connectivity index (χ1n) is 14.0. The molecular weight excluding hydrogens is 436 g/mol. The predicted octanol–water partition coefficient (Wildman–Crippen LogP) is 5.44. The van der Waals surface area contributed by atoms with E-state index in [9.17, 15) is 20.1 Å². The summed E-state index contributed by atoms with van der Waals surface area (Å²) in [6.45, 7) is 8.81. The summed E-state index contributed by atoms with van der Waals surface area (Å²) in [5.74, 6) is 2.01. The minimum absolute atomic E-state index is 0.215. The molecular formula is C31H44O4. The first kappa shape index (κ1) is 25.2. The van der Waals surface area contributed by atoms with E-state index in [1.165, 1.54) is 31.3 Å². The van der Waals surface area contributed by atoms with Gasteiger partial charge in [-0.3, -0.25) is 4.79 Å². The summed E-state index contributed by atoms with van der Waals surface area (Å²) < 4.78 is 0. The van der Waals surface area contributed by atoms with Gasteiger partial charge in [0.1, 0.15) is 5.78 Å². The second-order valence-corrected chi connectivity index (χ2v) is 12.6. The Morgan fingerprint density at radius 3 is 2.51 bits per heavy atom. The second-order valence-electron chi connectivity index (χ2n) is 12.6. The average molecular weight is 481 g/mol. The van der Waals surface area contributed by atoms with E-state index in [4.69, 9.17) is 0 Å². The van der Waals surface area contributed by atoms with E-state index in [-0.39, 0.29) is 11.3 Å². The van der Waals surface area contributed by atoms with Crippen LogP contribution in [0.2, 0.25) is 0 Å². The zero-order valence-electron chi connectivity index (χ0n) is 21.6. The molecule has 3 N–H and O–H groups in total. The molecule has 0 radical (unpaired) electrons. The maximum Gasteiger partial charge on any atom is 0.145 e. The molecule has 35 heavy (non-hydrogen) atoms. The van der Waals surface area contributed by atoms with Crippen molar-refractivity contribution in [1.82, 2.24) is 0 Å². The summed E-state index contributed by atoms with van der Waals surface area (Å²) >= 11 is 0. The highest BCUT2D eigenvalue weighted by Crippen LogP contribution is 2.60. The Morgan fingerprint density at radius 2 is 1.83 bits per heavy atom. The van der Waals surface area contributed by atoms with Crippen molar-refractivity contribution in [2.24, 2.45) is 34.5 Å². The van der Waals surface area contributed by atoms with Gasteiger partial charge in [-0.25, -0.2) is 0 Å². The number of allylic oxidation sites excluding steroid dienone is 4. The molecule has 0 unspecified atom stereocenters. The fourth-order valence-electron chi connectivity index (χ4n) is 7.78. The molecule has 0 saturated heterocycles. The lowest BCUT2D eigenvalue weighted by Gasteiger charge is -2.44. The summed E-state index contributed by atoms with van der Waals surface area (Å²) in [5, 5.41) is 31.2. The van der Waals surface area contributed by atoms with Crippen LogP contribution in [0, 0.1) is 34.5 Å². The molecule has 7 atom stereocenters. The molecule has 0 spiro atoms. The van der Waals surface area contributed by atoms with Crippen molar-refractivity contribution in [2.45, 2.75) is 103 Å². The molecule has 0 aromatic carbocycles. The quantitative estimate of drug-likeness (QED) is 0.424. The number of hydrogen-bond acceptors (Lipinski definition) is 4. The Labute approximate surface area is 210 Å². The highest BCUT2D eigenvalue weighted by molar-refractivity contribution is 5.92. The van der Waals surface area contributed by atoms with Gasteiger partial charge in [0.2, 0.25) is 0 Å². The Bertz CT molecular complexity index is 949. The number of aliphatic hydroxyl groups is 3. The lowest BCUT2D eigenvalue weighted by molar-refractivity contribution is -0.128. The van der Waals surface area contributed by atoms with Crippen molar-refractivity contribution in [3.63, 3.8) is 0 Å². The van der Waals surface area contributed by atoms with Gasteiger partial charge in [-0.05, 0) is 98.5 Å². The normalized spacial score (nSPS) is 40.8. The van der Waals surface area contributed by atoms with E-state index in [0.717, 1.165) is 43.3 Å². The van der Waals surface area contributed by atoms with Crippen LogP contribution in [-0.2, 0) is 4.79 Å². The van der Waals surface area contributed by atoms with Crippen molar-refractivity contribution in [2.75, 3.05) is 0 Å². The van der Waals surface area contributed by atoms with Crippen molar-refractivity contribution < 1.29 is 20.1 Å². The topological polar surface area (TPSA) is 77.8 Å². The molecule has 0 aliphatic heterocycles. The van der Waals surface area contributed by atoms with Crippen LogP contribution in [0.4, 0.5) is 0 Å². The Balaban J connectivity index is 1.27. The second kappa shape index (κ2) is 9.43. The van der Waals surface area contributed by atoms with Crippen LogP contribution in [-0.4, -0.2) is 39.4 Å². The van der Waals surface area contributed by atoms with E-state index < -0.39 is 23.7 Å². The Morgan fingerprint density at radius 1 is 1.09 bits per heavy atom. The summed E-state index contributed by atoms with van der Waals surface area (Å²) in [5.41, 5.74) is 2.99. The summed E-state index contributed by atoms with van der Waals surface area (Å²) in [6, 6.07) is 0. The first-order valence-corrected chi connectivity index (χ1v) is 14.0. The Kier molecular flexibility index (Phi) is 6.78. The first-order chi connectivity index (χ1) is 16.7. The molecule has 0 amide bonds. The van der Waals surface area contributed by atoms with Crippen LogP contribution in [0.5, 0.6) is 0 Å². The van der Waals surface area contributed by atoms with Crippen LogP contribution in [0.15, 0.2) is 47.6 Å². The smallest absolute Gasteiger partial charge is 0.145 e. The zero-order chi connectivity index (χ0) is 25.0. The van der Waals surface area contributed by atoms with E-state index in [0.29, 0.717) is 36.4 Å².